The second-order valence-electron chi connectivity index (χ2n) is 5.52. The molecule has 5 nitrogen and oxygen atoms in total. The van der Waals surface area contributed by atoms with Crippen LogP contribution in [0.4, 0.5) is 0 Å². The molecule has 5 heteroatoms. The minimum Gasteiger partial charge on any atom is -0.504 e. The summed E-state index contributed by atoms with van der Waals surface area (Å²) in [4.78, 5) is 2.48. The lowest BCUT2D eigenvalue weighted by Gasteiger charge is -2.32. The second kappa shape index (κ2) is 6.81. The Kier molecular flexibility index (Phi) is 5.09. The third-order valence-corrected chi connectivity index (χ3v) is 3.98. The summed E-state index contributed by atoms with van der Waals surface area (Å²) in [5.41, 5.74) is 0.589. The van der Waals surface area contributed by atoms with Gasteiger partial charge in [0.2, 0.25) is 5.75 Å². The van der Waals surface area contributed by atoms with Gasteiger partial charge in [0.15, 0.2) is 11.5 Å². The Balaban J connectivity index is 1.82. The van der Waals surface area contributed by atoms with E-state index in [9.17, 15) is 15.3 Å². The van der Waals surface area contributed by atoms with E-state index in [0.29, 0.717) is 18.2 Å². The molecule has 1 aliphatic heterocycles. The van der Waals surface area contributed by atoms with Gasteiger partial charge in [0.25, 0.3) is 0 Å². The van der Waals surface area contributed by atoms with E-state index in [2.05, 4.69) is 17.1 Å². The highest BCUT2D eigenvalue weighted by Gasteiger charge is 2.16. The van der Waals surface area contributed by atoms with Crippen LogP contribution in [0.25, 0.3) is 0 Å². The molecule has 1 heterocycles. The zero-order valence-corrected chi connectivity index (χ0v) is 12.0. The monoisotopic (exact) mass is 280 g/mol. The molecule has 1 saturated heterocycles. The topological polar surface area (TPSA) is 76.0 Å². The number of phenolic OH excluding ortho intramolecular Hbond substituents is 3. The predicted molar refractivity (Wildman–Crippen MR) is 78.0 cm³/mol. The summed E-state index contributed by atoms with van der Waals surface area (Å²) < 4.78 is 0. The summed E-state index contributed by atoms with van der Waals surface area (Å²) in [6.45, 7) is 5.83. The first kappa shape index (κ1) is 14.9. The summed E-state index contributed by atoms with van der Waals surface area (Å²) in [7, 11) is 0. The van der Waals surface area contributed by atoms with Gasteiger partial charge < -0.3 is 20.6 Å². The van der Waals surface area contributed by atoms with E-state index in [1.807, 2.05) is 0 Å². The van der Waals surface area contributed by atoms with Crippen molar-refractivity contribution in [1.29, 1.82) is 0 Å². The van der Waals surface area contributed by atoms with Crippen LogP contribution < -0.4 is 5.32 Å². The fourth-order valence-electron chi connectivity index (χ4n) is 2.66. The average molecular weight is 280 g/mol. The number of phenols is 3. The highest BCUT2D eigenvalue weighted by atomic mass is 16.3. The van der Waals surface area contributed by atoms with Crippen LogP contribution in [0.5, 0.6) is 17.2 Å². The maximum absolute atomic E-state index is 9.73. The van der Waals surface area contributed by atoms with Gasteiger partial charge in [0.1, 0.15) is 0 Å². The van der Waals surface area contributed by atoms with E-state index in [1.165, 1.54) is 25.3 Å². The number of nitrogens with one attached hydrogen (secondary N) is 1. The van der Waals surface area contributed by atoms with Crippen molar-refractivity contribution in [2.24, 2.45) is 0 Å². The Labute approximate surface area is 119 Å². The summed E-state index contributed by atoms with van der Waals surface area (Å²) in [6, 6.07) is 3.46. The van der Waals surface area contributed by atoms with Crippen molar-refractivity contribution >= 4 is 0 Å². The quantitative estimate of drug-likeness (QED) is 0.618. The van der Waals surface area contributed by atoms with Crippen molar-refractivity contribution in [2.75, 3.05) is 19.6 Å². The van der Waals surface area contributed by atoms with E-state index in [-0.39, 0.29) is 11.5 Å². The third-order valence-electron chi connectivity index (χ3n) is 3.98. The van der Waals surface area contributed by atoms with E-state index in [1.54, 1.807) is 6.07 Å². The average Bonchev–Trinajstić information content (AvgIpc) is 2.48. The maximum atomic E-state index is 9.73. The lowest BCUT2D eigenvalue weighted by atomic mass is 10.1. The number of benzene rings is 1. The lowest BCUT2D eigenvalue weighted by Crippen LogP contribution is -2.42. The SMILES string of the molecule is CC(CNCc1ccc(O)c(O)c1O)N1CCCCC1. The Morgan fingerprint density at radius 1 is 1.10 bits per heavy atom. The van der Waals surface area contributed by atoms with Gasteiger partial charge in [-0.15, -0.1) is 0 Å². The van der Waals surface area contributed by atoms with Crippen molar-refractivity contribution in [3.8, 4) is 17.2 Å². The number of hydrogen-bond donors (Lipinski definition) is 4. The summed E-state index contributed by atoms with van der Waals surface area (Å²) in [5, 5.41) is 31.8. The van der Waals surface area contributed by atoms with Crippen molar-refractivity contribution in [2.45, 2.75) is 38.8 Å². The summed E-state index contributed by atoms with van der Waals surface area (Å²) >= 11 is 0. The first-order chi connectivity index (χ1) is 9.59. The molecule has 0 saturated carbocycles. The second-order valence-corrected chi connectivity index (χ2v) is 5.52. The van der Waals surface area contributed by atoms with Gasteiger partial charge in [-0.05, 0) is 38.9 Å². The Morgan fingerprint density at radius 2 is 1.80 bits per heavy atom. The minimum atomic E-state index is -0.451. The normalized spacial score (nSPS) is 18.1. The molecular weight excluding hydrogens is 256 g/mol. The van der Waals surface area contributed by atoms with Crippen LogP contribution in [0.1, 0.15) is 31.7 Å². The number of rotatable bonds is 5. The highest BCUT2D eigenvalue weighted by Crippen LogP contribution is 2.36. The first-order valence-corrected chi connectivity index (χ1v) is 7.27. The molecule has 1 aliphatic rings. The first-order valence-electron chi connectivity index (χ1n) is 7.27. The Bertz CT molecular complexity index is 445. The predicted octanol–water partition coefficient (Wildman–Crippen LogP) is 1.77. The molecule has 1 aromatic rings. The van der Waals surface area contributed by atoms with Crippen molar-refractivity contribution < 1.29 is 15.3 Å². The van der Waals surface area contributed by atoms with Gasteiger partial charge in [-0.3, -0.25) is 4.90 Å². The molecule has 0 bridgehead atoms. The minimum absolute atomic E-state index is 0.247. The zero-order chi connectivity index (χ0) is 14.5. The number of aromatic hydroxyl groups is 3. The Morgan fingerprint density at radius 3 is 2.50 bits per heavy atom. The summed E-state index contributed by atoms with van der Waals surface area (Å²) in [6.07, 6.45) is 3.88. The van der Waals surface area contributed by atoms with Gasteiger partial charge >= 0.3 is 0 Å². The van der Waals surface area contributed by atoms with Gasteiger partial charge in [0, 0.05) is 24.7 Å². The van der Waals surface area contributed by atoms with Gasteiger partial charge in [-0.1, -0.05) is 12.5 Å². The van der Waals surface area contributed by atoms with Crippen LogP contribution in [0.3, 0.4) is 0 Å². The van der Waals surface area contributed by atoms with Gasteiger partial charge in [0.05, 0.1) is 0 Å². The molecule has 4 N–H and O–H groups in total. The summed E-state index contributed by atoms with van der Waals surface area (Å²) in [5.74, 6) is -0.996. The van der Waals surface area contributed by atoms with Crippen LogP contribution in [0, 0.1) is 0 Å². The molecule has 20 heavy (non-hydrogen) atoms. The van der Waals surface area contributed by atoms with Gasteiger partial charge in [-0.25, -0.2) is 0 Å². The Hall–Kier alpha value is -1.46. The van der Waals surface area contributed by atoms with Gasteiger partial charge in [-0.2, -0.15) is 0 Å². The molecule has 0 aromatic heterocycles. The van der Waals surface area contributed by atoms with Crippen LogP contribution in [0.15, 0.2) is 12.1 Å². The van der Waals surface area contributed by atoms with E-state index >= 15 is 0 Å². The number of hydrogen-bond acceptors (Lipinski definition) is 5. The largest absolute Gasteiger partial charge is 0.504 e. The maximum Gasteiger partial charge on any atom is 0.200 e. The number of piperidine rings is 1. The fraction of sp³-hybridized carbons (Fsp3) is 0.600. The van der Waals surface area contributed by atoms with Crippen LogP contribution in [-0.4, -0.2) is 45.9 Å². The molecular formula is C15H24N2O3. The van der Waals surface area contributed by atoms with Crippen molar-refractivity contribution in [3.05, 3.63) is 17.7 Å². The van der Waals surface area contributed by atoms with Crippen molar-refractivity contribution in [1.82, 2.24) is 10.2 Å². The van der Waals surface area contributed by atoms with E-state index in [0.717, 1.165) is 19.6 Å². The molecule has 1 atom stereocenters. The van der Waals surface area contributed by atoms with Crippen LogP contribution >= 0.6 is 0 Å². The van der Waals surface area contributed by atoms with E-state index in [4.69, 9.17) is 0 Å². The fourth-order valence-corrected chi connectivity index (χ4v) is 2.66. The van der Waals surface area contributed by atoms with Crippen molar-refractivity contribution in [3.63, 3.8) is 0 Å². The zero-order valence-electron chi connectivity index (χ0n) is 12.0. The van der Waals surface area contributed by atoms with Crippen LogP contribution in [0.2, 0.25) is 0 Å². The third kappa shape index (κ3) is 3.55. The standard InChI is InChI=1S/C15H24N2O3/c1-11(17-7-3-2-4-8-17)9-16-10-12-5-6-13(18)15(20)14(12)19/h5-6,11,16,18-20H,2-4,7-10H2,1H3. The molecule has 0 radical (unpaired) electrons. The van der Waals surface area contributed by atoms with E-state index < -0.39 is 5.75 Å². The number of nitrogens with zero attached hydrogens (tertiary/aromatic N) is 1. The smallest absolute Gasteiger partial charge is 0.200 e. The lowest BCUT2D eigenvalue weighted by molar-refractivity contribution is 0.170. The molecule has 1 aromatic carbocycles. The molecule has 112 valence electrons. The molecule has 2 rings (SSSR count). The van der Waals surface area contributed by atoms with Crippen LogP contribution in [-0.2, 0) is 6.54 Å². The highest BCUT2D eigenvalue weighted by molar-refractivity contribution is 5.52. The molecule has 0 spiro atoms. The number of likely N-dealkylation sites (tertiary alicyclic amines) is 1. The molecule has 1 unspecified atom stereocenters. The molecule has 0 amide bonds. The molecule has 0 aliphatic carbocycles. The molecule has 1 fully saturated rings.